The Morgan fingerprint density at radius 1 is 1.39 bits per heavy atom. The zero-order chi connectivity index (χ0) is 19.9. The fourth-order valence-corrected chi connectivity index (χ4v) is 2.98. The van der Waals surface area contributed by atoms with E-state index in [2.05, 4.69) is 25.7 Å². The Balaban J connectivity index is 1.44. The Labute approximate surface area is 162 Å². The molecule has 10 heteroatoms. The third-order valence-electron chi connectivity index (χ3n) is 4.29. The third kappa shape index (κ3) is 5.16. The van der Waals surface area contributed by atoms with Crippen LogP contribution in [0.5, 0.6) is 5.75 Å². The maximum Gasteiger partial charge on any atom is 0.191 e. The first kappa shape index (κ1) is 20.0. The molecule has 0 amide bonds. The molecule has 0 radical (unpaired) electrons. The Bertz CT molecular complexity index is 826. The van der Waals surface area contributed by atoms with Crippen LogP contribution >= 0.6 is 0 Å². The predicted octanol–water partition coefficient (Wildman–Crippen LogP) is 1.26. The van der Waals surface area contributed by atoms with E-state index in [0.717, 1.165) is 30.8 Å². The Morgan fingerprint density at radius 2 is 2.25 bits per heavy atom. The standard InChI is InChI=1S/C18H24F2N6O2/c1-21-18(22-7-8-28-15-5-3-12(19)9-14(15)20)23-13-4-6-17-24-16(11-27-2)25-26(17)10-13/h3,5,9,13H,4,6-8,10-11H2,1-2H3,(H2,21,22,23). The molecule has 0 aliphatic carbocycles. The molecule has 2 aromatic rings. The van der Waals surface area contributed by atoms with Crippen LogP contribution < -0.4 is 15.4 Å². The van der Waals surface area contributed by atoms with Crippen molar-refractivity contribution in [3.8, 4) is 5.75 Å². The average molecular weight is 394 g/mol. The second kappa shape index (κ2) is 9.45. The van der Waals surface area contributed by atoms with Gasteiger partial charge in [0.2, 0.25) is 0 Å². The van der Waals surface area contributed by atoms with Gasteiger partial charge in [0, 0.05) is 32.7 Å². The number of aliphatic imine (C=N–C) groups is 1. The largest absolute Gasteiger partial charge is 0.489 e. The maximum absolute atomic E-state index is 13.5. The van der Waals surface area contributed by atoms with Crippen molar-refractivity contribution in [2.75, 3.05) is 27.3 Å². The van der Waals surface area contributed by atoms with Crippen LogP contribution in [0.15, 0.2) is 23.2 Å². The van der Waals surface area contributed by atoms with Crippen LogP contribution in [0.25, 0.3) is 0 Å². The molecule has 1 unspecified atom stereocenters. The molecule has 3 rings (SSSR count). The van der Waals surface area contributed by atoms with Gasteiger partial charge < -0.3 is 20.1 Å². The van der Waals surface area contributed by atoms with Crippen LogP contribution in [0.2, 0.25) is 0 Å². The maximum atomic E-state index is 13.5. The highest BCUT2D eigenvalue weighted by atomic mass is 19.1. The molecule has 152 valence electrons. The van der Waals surface area contributed by atoms with E-state index >= 15 is 0 Å². The molecule has 28 heavy (non-hydrogen) atoms. The fraction of sp³-hybridized carbons (Fsp3) is 0.500. The monoisotopic (exact) mass is 394 g/mol. The Hall–Kier alpha value is -2.75. The van der Waals surface area contributed by atoms with Gasteiger partial charge in [0.05, 0.1) is 13.1 Å². The smallest absolute Gasteiger partial charge is 0.191 e. The molecule has 1 aliphatic rings. The van der Waals surface area contributed by atoms with Gasteiger partial charge in [0.25, 0.3) is 0 Å². The van der Waals surface area contributed by atoms with E-state index in [1.165, 1.54) is 6.07 Å². The van der Waals surface area contributed by atoms with Crippen molar-refractivity contribution in [1.82, 2.24) is 25.4 Å². The van der Waals surface area contributed by atoms with Crippen molar-refractivity contribution in [2.45, 2.75) is 32.0 Å². The van der Waals surface area contributed by atoms with Crippen LogP contribution in [-0.4, -0.2) is 54.1 Å². The molecular formula is C18H24F2N6O2. The summed E-state index contributed by atoms with van der Waals surface area (Å²) in [6.45, 7) is 1.71. The lowest BCUT2D eigenvalue weighted by Crippen LogP contribution is -2.47. The lowest BCUT2D eigenvalue weighted by molar-refractivity contribution is 0.177. The Morgan fingerprint density at radius 3 is 3.00 bits per heavy atom. The summed E-state index contributed by atoms with van der Waals surface area (Å²) in [6.07, 6.45) is 1.72. The van der Waals surface area contributed by atoms with E-state index in [4.69, 9.17) is 9.47 Å². The molecular weight excluding hydrogens is 370 g/mol. The van der Waals surface area contributed by atoms with Crippen LogP contribution in [-0.2, 0) is 24.3 Å². The highest BCUT2D eigenvalue weighted by Gasteiger charge is 2.22. The number of guanidine groups is 1. The van der Waals surface area contributed by atoms with Crippen LogP contribution in [0.1, 0.15) is 18.1 Å². The summed E-state index contributed by atoms with van der Waals surface area (Å²) in [5.74, 6) is 0.928. The molecule has 1 aromatic heterocycles. The number of fused-ring (bicyclic) bond motifs is 1. The lowest BCUT2D eigenvalue weighted by atomic mass is 10.1. The molecule has 1 atom stereocenters. The van der Waals surface area contributed by atoms with Gasteiger partial charge in [0.1, 0.15) is 24.9 Å². The molecule has 1 aliphatic heterocycles. The van der Waals surface area contributed by atoms with E-state index in [9.17, 15) is 8.78 Å². The number of aryl methyl sites for hydroxylation is 1. The summed E-state index contributed by atoms with van der Waals surface area (Å²) in [5, 5.41) is 10.9. The number of hydrogen-bond acceptors (Lipinski definition) is 5. The molecule has 0 spiro atoms. The van der Waals surface area contributed by atoms with Gasteiger partial charge in [-0.1, -0.05) is 0 Å². The quantitative estimate of drug-likeness (QED) is 0.418. The van der Waals surface area contributed by atoms with Crippen molar-refractivity contribution in [3.05, 3.63) is 41.5 Å². The molecule has 2 heterocycles. The zero-order valence-corrected chi connectivity index (χ0v) is 15.9. The lowest BCUT2D eigenvalue weighted by Gasteiger charge is -2.25. The molecule has 8 nitrogen and oxygen atoms in total. The average Bonchev–Trinajstić information content (AvgIpc) is 3.07. The summed E-state index contributed by atoms with van der Waals surface area (Å²) in [5.41, 5.74) is 0. The van der Waals surface area contributed by atoms with Crippen LogP contribution in [0.3, 0.4) is 0 Å². The molecule has 0 bridgehead atoms. The van der Waals surface area contributed by atoms with E-state index in [1.54, 1.807) is 14.2 Å². The predicted molar refractivity (Wildman–Crippen MR) is 99.2 cm³/mol. The number of aromatic nitrogens is 3. The minimum atomic E-state index is -0.721. The summed E-state index contributed by atoms with van der Waals surface area (Å²) in [4.78, 5) is 8.66. The summed E-state index contributed by atoms with van der Waals surface area (Å²) in [6, 6.07) is 3.38. The number of benzene rings is 1. The highest BCUT2D eigenvalue weighted by Crippen LogP contribution is 2.17. The molecule has 0 fully saturated rings. The summed E-state index contributed by atoms with van der Waals surface area (Å²) in [7, 11) is 3.30. The molecule has 0 saturated carbocycles. The third-order valence-corrected chi connectivity index (χ3v) is 4.29. The highest BCUT2D eigenvalue weighted by molar-refractivity contribution is 5.79. The van der Waals surface area contributed by atoms with E-state index in [1.807, 2.05) is 4.68 Å². The fourth-order valence-electron chi connectivity index (χ4n) is 2.98. The number of halogens is 2. The van der Waals surface area contributed by atoms with Gasteiger partial charge in [-0.15, -0.1) is 0 Å². The van der Waals surface area contributed by atoms with Gasteiger partial charge in [-0.05, 0) is 18.6 Å². The normalized spacial score (nSPS) is 16.6. The second-order valence-corrected chi connectivity index (χ2v) is 6.36. The Kier molecular flexibility index (Phi) is 6.75. The SMILES string of the molecule is CN=C(NCCOc1ccc(F)cc1F)NC1CCc2nc(COC)nn2C1. The van der Waals surface area contributed by atoms with Crippen molar-refractivity contribution < 1.29 is 18.3 Å². The van der Waals surface area contributed by atoms with Crippen LogP contribution in [0, 0.1) is 11.6 Å². The van der Waals surface area contributed by atoms with Gasteiger partial charge >= 0.3 is 0 Å². The number of hydrogen-bond donors (Lipinski definition) is 2. The van der Waals surface area contributed by atoms with Gasteiger partial charge in [-0.2, -0.15) is 5.10 Å². The first-order valence-corrected chi connectivity index (χ1v) is 9.05. The van der Waals surface area contributed by atoms with E-state index < -0.39 is 11.6 Å². The number of rotatable bonds is 7. The summed E-state index contributed by atoms with van der Waals surface area (Å²) >= 11 is 0. The van der Waals surface area contributed by atoms with Crippen LogP contribution in [0.4, 0.5) is 8.78 Å². The minimum Gasteiger partial charge on any atom is -0.489 e. The summed E-state index contributed by atoms with van der Waals surface area (Å²) < 4.78 is 38.7. The zero-order valence-electron chi connectivity index (χ0n) is 15.9. The molecule has 0 saturated heterocycles. The van der Waals surface area contributed by atoms with Crippen molar-refractivity contribution in [1.29, 1.82) is 0 Å². The van der Waals surface area contributed by atoms with Gasteiger partial charge in [-0.25, -0.2) is 18.4 Å². The molecule has 2 N–H and O–H groups in total. The number of ether oxygens (including phenoxy) is 2. The number of methoxy groups -OCH3 is 1. The number of nitrogens with one attached hydrogen (secondary N) is 2. The first-order chi connectivity index (χ1) is 13.6. The first-order valence-electron chi connectivity index (χ1n) is 9.05. The van der Waals surface area contributed by atoms with Gasteiger partial charge in [0.15, 0.2) is 23.4 Å². The minimum absolute atomic E-state index is 0.0176. The van der Waals surface area contributed by atoms with Crippen molar-refractivity contribution in [3.63, 3.8) is 0 Å². The second-order valence-electron chi connectivity index (χ2n) is 6.36. The van der Waals surface area contributed by atoms with E-state index in [-0.39, 0.29) is 18.4 Å². The molecule has 1 aromatic carbocycles. The van der Waals surface area contributed by atoms with Crippen molar-refractivity contribution in [2.24, 2.45) is 4.99 Å². The topological polar surface area (TPSA) is 85.6 Å². The number of nitrogens with zero attached hydrogens (tertiary/aromatic N) is 4. The van der Waals surface area contributed by atoms with Gasteiger partial charge in [-0.3, -0.25) is 4.99 Å². The van der Waals surface area contributed by atoms with E-state index in [0.29, 0.717) is 31.5 Å². The van der Waals surface area contributed by atoms with Crippen molar-refractivity contribution >= 4 is 5.96 Å².